The summed E-state index contributed by atoms with van der Waals surface area (Å²) in [6, 6.07) is 4.94. The van der Waals surface area contributed by atoms with Crippen molar-refractivity contribution in [2.75, 3.05) is 12.4 Å². The lowest BCUT2D eigenvalue weighted by molar-refractivity contribution is 0.0596. The molecule has 0 fully saturated rings. The summed E-state index contributed by atoms with van der Waals surface area (Å²) in [5, 5.41) is 5.54. The van der Waals surface area contributed by atoms with Crippen LogP contribution in [0, 0.1) is 13.8 Å². The molecule has 0 saturated carbocycles. The van der Waals surface area contributed by atoms with E-state index in [0.717, 1.165) is 18.0 Å². The van der Waals surface area contributed by atoms with Gasteiger partial charge in [-0.1, -0.05) is 17.7 Å². The number of hydrogen-bond donors (Lipinski definition) is 2. The molecule has 0 aliphatic carbocycles. The predicted molar refractivity (Wildman–Crippen MR) is 109 cm³/mol. The van der Waals surface area contributed by atoms with Crippen LogP contribution in [0.2, 0.25) is 5.15 Å². The SMILES string of the molecule is COC(=O)c1cnn(-c2cccc(Cl)n2)c1S(=O)(=O)NC(=O)Nc1nc(C)cc(C)n1. The molecule has 0 unspecified atom stereocenters. The Morgan fingerprint density at radius 3 is 2.42 bits per heavy atom. The molecule has 162 valence electrons. The molecule has 14 heteroatoms. The lowest BCUT2D eigenvalue weighted by Crippen LogP contribution is -2.36. The molecule has 0 aliphatic heterocycles. The first-order valence-electron chi connectivity index (χ1n) is 8.56. The van der Waals surface area contributed by atoms with Gasteiger partial charge in [-0.25, -0.2) is 33.9 Å². The van der Waals surface area contributed by atoms with Gasteiger partial charge in [-0.3, -0.25) is 5.32 Å². The largest absolute Gasteiger partial charge is 0.465 e. The van der Waals surface area contributed by atoms with Crippen molar-refractivity contribution >= 4 is 39.6 Å². The third kappa shape index (κ3) is 4.95. The van der Waals surface area contributed by atoms with E-state index in [1.54, 1.807) is 24.6 Å². The second-order valence-electron chi connectivity index (χ2n) is 6.12. The molecular formula is C17H16ClN7O5S. The summed E-state index contributed by atoms with van der Waals surface area (Å²) in [6.45, 7) is 3.38. The number of carbonyl (C=O) groups is 2. The van der Waals surface area contributed by atoms with Gasteiger partial charge in [0, 0.05) is 11.4 Å². The number of nitrogens with zero attached hydrogens (tertiary/aromatic N) is 5. The Hall–Kier alpha value is -3.58. The Labute approximate surface area is 181 Å². The summed E-state index contributed by atoms with van der Waals surface area (Å²) in [4.78, 5) is 36.4. The Kier molecular flexibility index (Phi) is 6.17. The van der Waals surface area contributed by atoms with E-state index in [9.17, 15) is 18.0 Å². The van der Waals surface area contributed by atoms with Gasteiger partial charge in [0.25, 0.3) is 10.0 Å². The topological polar surface area (TPSA) is 158 Å². The number of sulfonamides is 1. The third-order valence-corrected chi connectivity index (χ3v) is 5.30. The molecular weight excluding hydrogens is 450 g/mol. The molecule has 0 atom stereocenters. The van der Waals surface area contributed by atoms with Gasteiger partial charge in [0.05, 0.1) is 13.3 Å². The quantitative estimate of drug-likeness (QED) is 0.421. The molecule has 0 saturated heterocycles. The average molecular weight is 466 g/mol. The Balaban J connectivity index is 1.99. The Morgan fingerprint density at radius 1 is 1.13 bits per heavy atom. The minimum Gasteiger partial charge on any atom is -0.465 e. The van der Waals surface area contributed by atoms with Crippen molar-refractivity contribution in [1.82, 2.24) is 29.5 Å². The van der Waals surface area contributed by atoms with Crippen molar-refractivity contribution in [3.05, 3.63) is 52.6 Å². The number of pyridine rings is 1. The van der Waals surface area contributed by atoms with Crippen LogP contribution in [0.3, 0.4) is 0 Å². The van der Waals surface area contributed by atoms with Gasteiger partial charge in [0.1, 0.15) is 10.7 Å². The van der Waals surface area contributed by atoms with Gasteiger partial charge in [0.2, 0.25) is 5.95 Å². The number of amides is 2. The van der Waals surface area contributed by atoms with Crippen LogP contribution in [0.15, 0.2) is 35.5 Å². The maximum atomic E-state index is 13.0. The number of nitrogens with one attached hydrogen (secondary N) is 2. The van der Waals surface area contributed by atoms with Crippen molar-refractivity contribution in [2.45, 2.75) is 18.9 Å². The molecule has 0 aliphatic rings. The van der Waals surface area contributed by atoms with Crippen LogP contribution in [-0.4, -0.2) is 52.3 Å². The van der Waals surface area contributed by atoms with Crippen molar-refractivity contribution in [1.29, 1.82) is 0 Å². The fraction of sp³-hybridized carbons (Fsp3) is 0.176. The van der Waals surface area contributed by atoms with E-state index >= 15 is 0 Å². The molecule has 3 aromatic rings. The van der Waals surface area contributed by atoms with E-state index in [1.165, 1.54) is 18.2 Å². The standard InChI is InChI=1S/C17H16ClN7O5S/c1-9-7-10(2)21-16(20-9)23-17(27)24-31(28,29)14-11(15(26)30-3)8-19-25(14)13-6-4-5-12(18)22-13/h4-8H,1-3H3,(H2,20,21,23,24,27). The van der Waals surface area contributed by atoms with E-state index < -0.39 is 32.6 Å². The summed E-state index contributed by atoms with van der Waals surface area (Å²) >= 11 is 5.87. The molecule has 2 amide bonds. The van der Waals surface area contributed by atoms with Crippen LogP contribution in [0.5, 0.6) is 0 Å². The van der Waals surface area contributed by atoms with Crippen LogP contribution in [-0.2, 0) is 14.8 Å². The third-order valence-electron chi connectivity index (χ3n) is 3.74. The molecule has 3 heterocycles. The number of aromatic nitrogens is 5. The number of carbonyl (C=O) groups excluding carboxylic acids is 2. The van der Waals surface area contributed by atoms with E-state index in [0.29, 0.717) is 11.4 Å². The number of halogens is 1. The van der Waals surface area contributed by atoms with Crippen molar-refractivity contribution in [3.8, 4) is 5.82 Å². The molecule has 0 bridgehead atoms. The van der Waals surface area contributed by atoms with Gasteiger partial charge >= 0.3 is 12.0 Å². The highest BCUT2D eigenvalue weighted by Crippen LogP contribution is 2.21. The maximum Gasteiger partial charge on any atom is 0.342 e. The second-order valence-corrected chi connectivity index (χ2v) is 8.10. The number of esters is 1. The first-order valence-corrected chi connectivity index (χ1v) is 10.4. The molecule has 31 heavy (non-hydrogen) atoms. The van der Waals surface area contributed by atoms with Crippen LogP contribution < -0.4 is 10.0 Å². The summed E-state index contributed by atoms with van der Waals surface area (Å²) in [5.74, 6) is -1.07. The fourth-order valence-corrected chi connectivity index (χ4v) is 3.95. The lowest BCUT2D eigenvalue weighted by Gasteiger charge is -2.11. The highest BCUT2D eigenvalue weighted by molar-refractivity contribution is 7.90. The van der Waals surface area contributed by atoms with Crippen LogP contribution in [0.4, 0.5) is 10.7 Å². The number of anilines is 1. The molecule has 2 N–H and O–H groups in total. The summed E-state index contributed by atoms with van der Waals surface area (Å²) in [5.41, 5.74) is 0.736. The van der Waals surface area contributed by atoms with Crippen molar-refractivity contribution < 1.29 is 22.7 Å². The van der Waals surface area contributed by atoms with E-state index in [4.69, 9.17) is 11.6 Å². The van der Waals surface area contributed by atoms with Gasteiger partial charge in [-0.2, -0.15) is 13.5 Å². The second kappa shape index (κ2) is 8.65. The molecule has 3 aromatic heterocycles. The maximum absolute atomic E-state index is 13.0. The summed E-state index contributed by atoms with van der Waals surface area (Å²) in [6.07, 6.45) is 0.980. The fourth-order valence-electron chi connectivity index (χ4n) is 2.60. The molecule has 12 nitrogen and oxygen atoms in total. The predicted octanol–water partition coefficient (Wildman–Crippen LogP) is 1.62. The van der Waals surface area contributed by atoms with Crippen molar-refractivity contribution in [3.63, 3.8) is 0 Å². The summed E-state index contributed by atoms with van der Waals surface area (Å²) in [7, 11) is -3.56. The molecule has 0 radical (unpaired) electrons. The number of aryl methyl sites for hydroxylation is 2. The number of hydrogen-bond acceptors (Lipinski definition) is 9. The molecule has 3 rings (SSSR count). The smallest absolute Gasteiger partial charge is 0.342 e. The first-order chi connectivity index (χ1) is 14.6. The summed E-state index contributed by atoms with van der Waals surface area (Å²) < 4.78 is 33.3. The number of ether oxygens (including phenoxy) is 1. The molecule has 0 spiro atoms. The Morgan fingerprint density at radius 2 is 1.81 bits per heavy atom. The average Bonchev–Trinajstić information content (AvgIpc) is 3.12. The van der Waals surface area contributed by atoms with Gasteiger partial charge in [-0.05, 0) is 32.0 Å². The lowest BCUT2D eigenvalue weighted by atomic mass is 10.4. The highest BCUT2D eigenvalue weighted by Gasteiger charge is 2.32. The van der Waals surface area contributed by atoms with Gasteiger partial charge in [0.15, 0.2) is 10.8 Å². The van der Waals surface area contributed by atoms with E-state index in [2.05, 4.69) is 30.1 Å². The number of methoxy groups -OCH3 is 1. The number of urea groups is 1. The Bertz CT molecular complexity index is 1260. The number of rotatable bonds is 5. The van der Waals surface area contributed by atoms with Crippen molar-refractivity contribution in [2.24, 2.45) is 0 Å². The molecule has 0 aromatic carbocycles. The van der Waals surface area contributed by atoms with Crippen LogP contribution >= 0.6 is 11.6 Å². The van der Waals surface area contributed by atoms with E-state index in [-0.39, 0.29) is 16.9 Å². The van der Waals surface area contributed by atoms with Gasteiger partial charge < -0.3 is 4.74 Å². The zero-order chi connectivity index (χ0) is 22.8. The minimum absolute atomic E-state index is 0.000999. The van der Waals surface area contributed by atoms with Gasteiger partial charge in [-0.15, -0.1) is 0 Å². The highest BCUT2D eigenvalue weighted by atomic mass is 35.5. The zero-order valence-corrected chi connectivity index (χ0v) is 18.0. The van der Waals surface area contributed by atoms with Crippen LogP contribution in [0.25, 0.3) is 5.82 Å². The first kappa shape index (κ1) is 22.1. The normalized spacial score (nSPS) is 11.1. The monoisotopic (exact) mass is 465 g/mol. The van der Waals surface area contributed by atoms with Crippen LogP contribution in [0.1, 0.15) is 21.7 Å². The minimum atomic E-state index is -4.63. The zero-order valence-electron chi connectivity index (χ0n) is 16.5. The van der Waals surface area contributed by atoms with E-state index in [1.807, 2.05) is 0 Å².